The van der Waals surface area contributed by atoms with Crippen molar-refractivity contribution in [2.24, 2.45) is 0 Å². The van der Waals surface area contributed by atoms with Crippen LogP contribution in [0.1, 0.15) is 0 Å². The van der Waals surface area contributed by atoms with Crippen LogP contribution in [-0.2, 0) is 0 Å². The third-order valence-corrected chi connectivity index (χ3v) is 13.3. The predicted octanol–water partition coefficient (Wildman–Crippen LogP) is 16.8. The lowest BCUT2D eigenvalue weighted by Gasteiger charge is -2.33. The second-order valence-corrected chi connectivity index (χ2v) is 16.7. The highest BCUT2D eigenvalue weighted by Gasteiger charge is 2.25. The molecule has 59 heavy (non-hydrogen) atoms. The van der Waals surface area contributed by atoms with Crippen molar-refractivity contribution in [2.45, 2.75) is 0 Å². The second-order valence-electron chi connectivity index (χ2n) is 14.6. The molecule has 11 aromatic rings. The van der Waals surface area contributed by atoms with Crippen LogP contribution >= 0.6 is 22.7 Å². The molecule has 2 aromatic heterocycles. The van der Waals surface area contributed by atoms with Crippen LogP contribution < -0.4 is 14.7 Å². The molecule has 0 amide bonds. The zero-order valence-electron chi connectivity index (χ0n) is 32.0. The molecule has 0 radical (unpaired) electrons. The highest BCUT2D eigenvalue weighted by atomic mass is 32.1. The van der Waals surface area contributed by atoms with Gasteiger partial charge in [-0.3, -0.25) is 0 Å². The zero-order valence-corrected chi connectivity index (χ0v) is 33.7. The first-order chi connectivity index (χ1) is 29.3. The summed E-state index contributed by atoms with van der Waals surface area (Å²) in [5.41, 5.74) is 9.97. The highest BCUT2D eigenvalue weighted by Crippen LogP contribution is 2.51. The molecule has 0 fully saturated rings. The molecule has 0 bridgehead atoms. The van der Waals surface area contributed by atoms with Crippen molar-refractivity contribution in [3.05, 3.63) is 224 Å². The number of benzene rings is 9. The van der Waals surface area contributed by atoms with Crippen molar-refractivity contribution >= 4 is 114 Å². The van der Waals surface area contributed by atoms with E-state index in [2.05, 4.69) is 239 Å². The van der Waals surface area contributed by atoms with Crippen molar-refractivity contribution in [3.63, 3.8) is 0 Å². The van der Waals surface area contributed by atoms with Crippen molar-refractivity contribution in [3.8, 4) is 0 Å². The number of fused-ring (bicyclic) bond motifs is 6. The van der Waals surface area contributed by atoms with Gasteiger partial charge >= 0.3 is 0 Å². The van der Waals surface area contributed by atoms with Gasteiger partial charge in [0.2, 0.25) is 0 Å². The predicted molar refractivity (Wildman–Crippen MR) is 256 cm³/mol. The molecule has 0 aliphatic carbocycles. The lowest BCUT2D eigenvalue weighted by molar-refractivity contribution is 1.23. The standard InChI is InChI=1S/C54H37N3S2/c1-6-19-38(20-7-1)55(39-21-8-2-9-22-39)48-36-46-45-35-43(57(42-27-14-5-15-28-42)47-30-18-32-52-54(47)44-29-16-17-31-50(44)58-52)33-34-51(45)59-53(46)37-49(48)56(40-23-10-3-11-24-40)41-25-12-4-13-26-41/h1-37H. The fraction of sp³-hybridized carbons (Fsp3) is 0. The Balaban J connectivity index is 1.19. The average molecular weight is 792 g/mol. The monoisotopic (exact) mass is 791 g/mol. The number of para-hydroxylation sites is 5. The molecule has 0 unspecified atom stereocenters. The smallest absolute Gasteiger partial charge is 0.0716 e. The summed E-state index contributed by atoms with van der Waals surface area (Å²) in [4.78, 5) is 7.23. The van der Waals surface area contributed by atoms with Crippen molar-refractivity contribution in [1.29, 1.82) is 0 Å². The van der Waals surface area contributed by atoms with Crippen LogP contribution in [0.25, 0.3) is 40.3 Å². The van der Waals surface area contributed by atoms with Crippen molar-refractivity contribution in [1.82, 2.24) is 0 Å². The van der Waals surface area contributed by atoms with Crippen LogP contribution in [0.2, 0.25) is 0 Å². The summed E-state index contributed by atoms with van der Waals surface area (Å²) < 4.78 is 5.06. The minimum atomic E-state index is 1.09. The molecule has 0 aliphatic rings. The Morgan fingerprint density at radius 3 is 1.19 bits per heavy atom. The van der Waals surface area contributed by atoms with Crippen molar-refractivity contribution in [2.75, 3.05) is 14.7 Å². The van der Waals surface area contributed by atoms with Gasteiger partial charge in [0.05, 0.1) is 17.1 Å². The molecule has 0 spiro atoms. The van der Waals surface area contributed by atoms with Crippen LogP contribution in [0.3, 0.4) is 0 Å². The molecule has 9 aromatic carbocycles. The van der Waals surface area contributed by atoms with Crippen LogP contribution in [0.5, 0.6) is 0 Å². The van der Waals surface area contributed by atoms with E-state index in [4.69, 9.17) is 0 Å². The number of hydrogen-bond donors (Lipinski definition) is 0. The summed E-state index contributed by atoms with van der Waals surface area (Å²) >= 11 is 3.71. The third-order valence-electron chi connectivity index (χ3n) is 11.0. The normalized spacial score (nSPS) is 11.4. The lowest BCUT2D eigenvalue weighted by Crippen LogP contribution is -2.16. The van der Waals surface area contributed by atoms with Gasteiger partial charge in [0.25, 0.3) is 0 Å². The third kappa shape index (κ3) is 6.29. The summed E-state index contributed by atoms with van der Waals surface area (Å²) in [6, 6.07) is 81.0. The molecule has 0 saturated carbocycles. The molecule has 11 rings (SSSR count). The average Bonchev–Trinajstić information content (AvgIpc) is 3.87. The van der Waals surface area contributed by atoms with E-state index < -0.39 is 0 Å². The molecule has 280 valence electrons. The van der Waals surface area contributed by atoms with Gasteiger partial charge in [-0.25, -0.2) is 0 Å². The Hall–Kier alpha value is -7.18. The molecule has 5 heteroatoms. The molecule has 2 heterocycles. The molecule has 0 N–H and O–H groups in total. The first-order valence-corrected chi connectivity index (χ1v) is 21.5. The van der Waals surface area contributed by atoms with Gasteiger partial charge in [0.15, 0.2) is 0 Å². The van der Waals surface area contributed by atoms with E-state index in [1.165, 1.54) is 46.0 Å². The summed E-state index contributed by atoms with van der Waals surface area (Å²) in [5.74, 6) is 0. The lowest BCUT2D eigenvalue weighted by atomic mass is 10.0. The van der Waals surface area contributed by atoms with Gasteiger partial charge in [0, 0.05) is 74.5 Å². The van der Waals surface area contributed by atoms with Gasteiger partial charge in [-0.15, -0.1) is 22.7 Å². The van der Waals surface area contributed by atoms with E-state index in [1.807, 2.05) is 22.7 Å². The number of thiophene rings is 2. The summed E-state index contributed by atoms with van der Waals surface area (Å²) in [6.07, 6.45) is 0. The van der Waals surface area contributed by atoms with E-state index in [-0.39, 0.29) is 0 Å². The maximum atomic E-state index is 2.44. The Bertz CT molecular complexity index is 3140. The van der Waals surface area contributed by atoms with E-state index in [0.29, 0.717) is 0 Å². The largest absolute Gasteiger partial charge is 0.310 e. The maximum absolute atomic E-state index is 2.44. The fourth-order valence-corrected chi connectivity index (χ4v) is 10.6. The number of nitrogens with zero attached hydrogens (tertiary/aromatic N) is 3. The van der Waals surface area contributed by atoms with Crippen LogP contribution in [0.4, 0.5) is 51.2 Å². The molecule has 0 aliphatic heterocycles. The Morgan fingerprint density at radius 1 is 0.237 bits per heavy atom. The van der Waals surface area contributed by atoms with Gasteiger partial charge in [-0.05, 0) is 109 Å². The van der Waals surface area contributed by atoms with Gasteiger partial charge < -0.3 is 14.7 Å². The first kappa shape index (κ1) is 35.0. The Labute approximate surface area is 351 Å². The first-order valence-electron chi connectivity index (χ1n) is 19.8. The SMILES string of the molecule is c1ccc(N(c2ccccc2)c2cc3sc4ccc(N(c5ccccc5)c5cccc6sc7ccccc7c56)cc4c3cc2N(c2ccccc2)c2ccccc2)cc1. The summed E-state index contributed by atoms with van der Waals surface area (Å²) in [5, 5.41) is 5.01. The second kappa shape index (κ2) is 15.0. The number of hydrogen-bond acceptors (Lipinski definition) is 5. The number of rotatable bonds is 9. The van der Waals surface area contributed by atoms with Gasteiger partial charge in [0.1, 0.15) is 0 Å². The molecular weight excluding hydrogens is 755 g/mol. The van der Waals surface area contributed by atoms with E-state index in [9.17, 15) is 0 Å². The maximum Gasteiger partial charge on any atom is 0.0716 e. The molecular formula is C54H37N3S2. The van der Waals surface area contributed by atoms with Gasteiger partial charge in [-0.1, -0.05) is 115 Å². The number of anilines is 9. The zero-order chi connectivity index (χ0) is 39.1. The Kier molecular flexibility index (Phi) is 8.88. The topological polar surface area (TPSA) is 9.72 Å². The molecule has 0 atom stereocenters. The van der Waals surface area contributed by atoms with Crippen LogP contribution in [-0.4, -0.2) is 0 Å². The van der Waals surface area contributed by atoms with E-state index in [1.54, 1.807) is 0 Å². The van der Waals surface area contributed by atoms with Crippen molar-refractivity contribution < 1.29 is 0 Å². The molecule has 0 saturated heterocycles. The van der Waals surface area contributed by atoms with E-state index >= 15 is 0 Å². The summed E-state index contributed by atoms with van der Waals surface area (Å²) in [6.45, 7) is 0. The minimum Gasteiger partial charge on any atom is -0.310 e. The fourth-order valence-electron chi connectivity index (χ4n) is 8.40. The van der Waals surface area contributed by atoms with Gasteiger partial charge in [-0.2, -0.15) is 0 Å². The Morgan fingerprint density at radius 2 is 0.644 bits per heavy atom. The van der Waals surface area contributed by atoms with Crippen LogP contribution in [0.15, 0.2) is 224 Å². The van der Waals surface area contributed by atoms with E-state index in [0.717, 1.165) is 45.5 Å². The highest BCUT2D eigenvalue weighted by molar-refractivity contribution is 7.26. The minimum absolute atomic E-state index is 1.09. The summed E-state index contributed by atoms with van der Waals surface area (Å²) in [7, 11) is 0. The molecule has 3 nitrogen and oxygen atoms in total. The van der Waals surface area contributed by atoms with Crippen LogP contribution in [0, 0.1) is 0 Å². The quantitative estimate of drug-likeness (QED) is 0.144.